The number of aliphatic hydroxyl groups excluding tert-OH is 1. The van der Waals surface area contributed by atoms with Crippen LogP contribution in [0.3, 0.4) is 0 Å². The Bertz CT molecular complexity index is 1270. The van der Waals surface area contributed by atoms with Gasteiger partial charge in [0.2, 0.25) is 0 Å². The first kappa shape index (κ1) is 36.1. The van der Waals surface area contributed by atoms with Gasteiger partial charge in [0.25, 0.3) is 0 Å². The van der Waals surface area contributed by atoms with E-state index in [1.54, 1.807) is 0 Å². The fraction of sp³-hybridized carbons (Fsp3) is 0.762. The summed E-state index contributed by atoms with van der Waals surface area (Å²) in [5.74, 6) is 4.40. The van der Waals surface area contributed by atoms with Gasteiger partial charge in [-0.25, -0.2) is 4.79 Å². The van der Waals surface area contributed by atoms with E-state index in [0.717, 1.165) is 86.5 Å². The van der Waals surface area contributed by atoms with Crippen LogP contribution in [0.1, 0.15) is 159 Å². The normalized spacial score (nSPS) is 32.4. The molecule has 3 fully saturated rings. The van der Waals surface area contributed by atoms with Crippen molar-refractivity contribution in [2.24, 2.45) is 46.3 Å². The highest BCUT2D eigenvalue weighted by atomic mass is 17.2. The number of aryl methyl sites for hydroxylation is 2. The smallest absolute Gasteiger partial charge is 0.373 e. The lowest BCUT2D eigenvalue weighted by Gasteiger charge is -2.58. The molecule has 5 rings (SSSR count). The van der Waals surface area contributed by atoms with Crippen molar-refractivity contribution in [3.63, 3.8) is 0 Å². The van der Waals surface area contributed by atoms with Gasteiger partial charge in [-0.2, -0.15) is 4.89 Å². The van der Waals surface area contributed by atoms with E-state index in [1.165, 1.54) is 50.5 Å². The Hall–Kier alpha value is -2.14. The third-order valence-corrected chi connectivity index (χ3v) is 13.7. The van der Waals surface area contributed by atoms with Gasteiger partial charge in [-0.05, 0) is 133 Å². The number of carbonyl (C=O) groups is 2. The molecule has 8 atom stereocenters. The molecule has 1 aromatic rings. The standard InChI is InChI=1S/C42H64O5/c1-7-30-16-17-33(31(25-30)15-10-8-9-11-24-43)40(45)47-46-32-20-22-42(6)37-21-23-41(5)35(29(4)14-12-13-28(2)3)18-19-36(41)34(37)27-39(44)38(42)26-32/h16-17,24-25,28-29,32,34-37,44H,7-15,18-23,26-27H2,1-6H3/t29-,32?,34?,35-,36?,37?,41-,42-/m1/s1. The summed E-state index contributed by atoms with van der Waals surface area (Å²) in [5.41, 5.74) is 4.30. The molecule has 0 bridgehead atoms. The van der Waals surface area contributed by atoms with Crippen LogP contribution in [0.4, 0.5) is 0 Å². The Labute approximate surface area is 285 Å². The highest BCUT2D eigenvalue weighted by molar-refractivity contribution is 5.90. The van der Waals surface area contributed by atoms with Gasteiger partial charge in [0, 0.05) is 19.3 Å². The van der Waals surface area contributed by atoms with Crippen LogP contribution in [0.2, 0.25) is 0 Å². The molecule has 262 valence electrons. The highest BCUT2D eigenvalue weighted by Gasteiger charge is 2.60. The van der Waals surface area contributed by atoms with Gasteiger partial charge in [-0.1, -0.05) is 79.4 Å². The van der Waals surface area contributed by atoms with Crippen molar-refractivity contribution in [2.45, 2.75) is 157 Å². The molecule has 47 heavy (non-hydrogen) atoms. The van der Waals surface area contributed by atoms with Crippen LogP contribution in [-0.2, 0) is 27.4 Å². The average molecular weight is 649 g/mol. The van der Waals surface area contributed by atoms with Gasteiger partial charge < -0.3 is 9.90 Å². The van der Waals surface area contributed by atoms with Gasteiger partial charge in [0.15, 0.2) is 0 Å². The zero-order chi connectivity index (χ0) is 33.8. The largest absolute Gasteiger partial charge is 0.512 e. The van der Waals surface area contributed by atoms with E-state index < -0.39 is 5.97 Å². The fourth-order valence-corrected chi connectivity index (χ4v) is 11.0. The molecular weight excluding hydrogens is 584 g/mol. The second-order valence-electron chi connectivity index (χ2n) is 16.9. The number of benzene rings is 1. The van der Waals surface area contributed by atoms with Crippen molar-refractivity contribution < 1.29 is 24.5 Å². The SMILES string of the molecule is CCc1ccc(C(=O)OOC2CC[C@@]3(C)C(=C(O)CC4C3CC[C@@]3(C)C4CC[C@@H]3[C@H](C)CCCC(C)C)C2)c(CCCCCC=O)c1. The van der Waals surface area contributed by atoms with E-state index in [2.05, 4.69) is 47.6 Å². The lowest BCUT2D eigenvalue weighted by molar-refractivity contribution is -0.280. The molecule has 0 aromatic heterocycles. The Morgan fingerprint density at radius 2 is 1.79 bits per heavy atom. The molecule has 3 saturated carbocycles. The van der Waals surface area contributed by atoms with Gasteiger partial charge in [-0.3, -0.25) is 4.89 Å². The fourth-order valence-electron chi connectivity index (χ4n) is 11.0. The van der Waals surface area contributed by atoms with Gasteiger partial charge in [-0.15, -0.1) is 0 Å². The molecule has 1 aromatic carbocycles. The van der Waals surface area contributed by atoms with E-state index >= 15 is 0 Å². The molecule has 0 spiro atoms. The summed E-state index contributed by atoms with van der Waals surface area (Å²) >= 11 is 0. The maximum Gasteiger partial charge on any atom is 0.373 e. The zero-order valence-electron chi connectivity index (χ0n) is 30.5. The van der Waals surface area contributed by atoms with Crippen LogP contribution in [0.25, 0.3) is 0 Å². The summed E-state index contributed by atoms with van der Waals surface area (Å²) in [6.45, 7) is 14.3. The Morgan fingerprint density at radius 3 is 2.53 bits per heavy atom. The number of unbranched alkanes of at least 4 members (excludes halogenated alkanes) is 3. The maximum absolute atomic E-state index is 13.3. The number of aliphatic hydroxyl groups is 1. The summed E-state index contributed by atoms with van der Waals surface area (Å²) < 4.78 is 0. The van der Waals surface area contributed by atoms with Crippen molar-refractivity contribution in [2.75, 3.05) is 0 Å². The number of allylic oxidation sites excluding steroid dienone is 1. The maximum atomic E-state index is 13.3. The first-order valence-electron chi connectivity index (χ1n) is 19.4. The number of hydrogen-bond donors (Lipinski definition) is 1. The molecule has 4 aliphatic carbocycles. The predicted octanol–water partition coefficient (Wildman–Crippen LogP) is 10.9. The molecular formula is C42H64O5. The van der Waals surface area contributed by atoms with E-state index in [-0.39, 0.29) is 11.5 Å². The second-order valence-corrected chi connectivity index (χ2v) is 16.9. The van der Waals surface area contributed by atoms with Crippen molar-refractivity contribution in [3.05, 3.63) is 46.2 Å². The van der Waals surface area contributed by atoms with E-state index in [4.69, 9.17) is 9.78 Å². The zero-order valence-corrected chi connectivity index (χ0v) is 30.5. The number of fused-ring (bicyclic) bond motifs is 5. The average Bonchev–Trinajstić information content (AvgIpc) is 3.41. The first-order valence-corrected chi connectivity index (χ1v) is 19.4. The summed E-state index contributed by atoms with van der Waals surface area (Å²) in [5, 5.41) is 11.6. The molecule has 0 amide bonds. The van der Waals surface area contributed by atoms with E-state index in [1.807, 2.05) is 12.1 Å². The van der Waals surface area contributed by atoms with Crippen LogP contribution in [0.5, 0.6) is 0 Å². The van der Waals surface area contributed by atoms with Crippen molar-refractivity contribution in [1.29, 1.82) is 0 Å². The van der Waals surface area contributed by atoms with Crippen LogP contribution >= 0.6 is 0 Å². The summed E-state index contributed by atoms with van der Waals surface area (Å²) in [6.07, 6.45) is 18.3. The van der Waals surface area contributed by atoms with Gasteiger partial charge >= 0.3 is 5.97 Å². The van der Waals surface area contributed by atoms with Crippen molar-refractivity contribution in [1.82, 2.24) is 0 Å². The van der Waals surface area contributed by atoms with Crippen molar-refractivity contribution in [3.8, 4) is 0 Å². The van der Waals surface area contributed by atoms with Gasteiger partial charge in [0.1, 0.15) is 12.4 Å². The Balaban J connectivity index is 1.21. The van der Waals surface area contributed by atoms with Crippen LogP contribution in [-0.4, -0.2) is 23.5 Å². The molecule has 5 nitrogen and oxygen atoms in total. The topological polar surface area (TPSA) is 72.8 Å². The molecule has 0 aliphatic heterocycles. The lowest BCUT2D eigenvalue weighted by Crippen LogP contribution is -2.51. The second kappa shape index (κ2) is 15.6. The van der Waals surface area contributed by atoms with Crippen LogP contribution < -0.4 is 0 Å². The minimum absolute atomic E-state index is 0.00777. The summed E-state index contributed by atoms with van der Waals surface area (Å²) in [4.78, 5) is 35.4. The number of rotatable bonds is 15. The minimum atomic E-state index is -0.438. The first-order chi connectivity index (χ1) is 22.5. The van der Waals surface area contributed by atoms with E-state index in [9.17, 15) is 14.7 Å². The summed E-state index contributed by atoms with van der Waals surface area (Å²) in [6, 6.07) is 5.98. The van der Waals surface area contributed by atoms with E-state index in [0.29, 0.717) is 47.3 Å². The van der Waals surface area contributed by atoms with Crippen LogP contribution in [0, 0.1) is 46.3 Å². The predicted molar refractivity (Wildman–Crippen MR) is 189 cm³/mol. The molecule has 4 aliphatic rings. The molecule has 0 radical (unpaired) electrons. The lowest BCUT2D eigenvalue weighted by atomic mass is 9.46. The summed E-state index contributed by atoms with van der Waals surface area (Å²) in [7, 11) is 0. The highest BCUT2D eigenvalue weighted by Crippen LogP contribution is 2.68. The Morgan fingerprint density at radius 1 is 0.979 bits per heavy atom. The molecule has 4 unspecified atom stereocenters. The molecule has 0 heterocycles. The molecule has 1 N–H and O–H groups in total. The third-order valence-electron chi connectivity index (χ3n) is 13.7. The quantitative estimate of drug-likeness (QED) is 0.0886. The number of hydrogen-bond acceptors (Lipinski definition) is 5. The molecule has 0 saturated heterocycles. The minimum Gasteiger partial charge on any atom is -0.512 e. The number of aldehydes is 1. The Kier molecular flexibility index (Phi) is 12.0. The van der Waals surface area contributed by atoms with Crippen LogP contribution in [0.15, 0.2) is 29.5 Å². The monoisotopic (exact) mass is 648 g/mol. The molecule has 5 heteroatoms. The van der Waals surface area contributed by atoms with Gasteiger partial charge in [0.05, 0.1) is 11.3 Å². The van der Waals surface area contributed by atoms with Crippen molar-refractivity contribution >= 4 is 12.3 Å². The number of carbonyl (C=O) groups excluding carboxylic acids is 2. The third kappa shape index (κ3) is 7.71.